The molecule has 0 fully saturated rings. The smallest absolute Gasteiger partial charge is 0.326 e. The van der Waals surface area contributed by atoms with Crippen LogP contribution in [0.3, 0.4) is 0 Å². The van der Waals surface area contributed by atoms with Gasteiger partial charge in [-0.05, 0) is 49.3 Å². The van der Waals surface area contributed by atoms with Crippen molar-refractivity contribution in [2.45, 2.75) is 56.5 Å². The number of amides is 3. The van der Waals surface area contributed by atoms with Crippen LogP contribution in [0.1, 0.15) is 25.3 Å². The Balaban J connectivity index is 3.04. The van der Waals surface area contributed by atoms with Gasteiger partial charge in [-0.15, -0.1) is 0 Å². The third kappa shape index (κ3) is 11.3. The molecule has 5 atom stereocenters. The van der Waals surface area contributed by atoms with Gasteiger partial charge in [0.1, 0.15) is 18.1 Å². The van der Waals surface area contributed by atoms with Crippen molar-refractivity contribution >= 4 is 47.2 Å². The second-order valence-corrected chi connectivity index (χ2v) is 10.0. The first-order chi connectivity index (χ1) is 16.6. The minimum atomic E-state index is -1.35. The maximum Gasteiger partial charge on any atom is 0.326 e. The maximum absolute atomic E-state index is 13.0. The molecule has 0 aliphatic heterocycles. The highest BCUT2D eigenvalue weighted by Crippen LogP contribution is 2.08. The lowest BCUT2D eigenvalue weighted by Crippen LogP contribution is -2.60. The Morgan fingerprint density at radius 1 is 0.886 bits per heavy atom. The van der Waals surface area contributed by atoms with Gasteiger partial charge in [0.05, 0.1) is 12.1 Å². The Bertz CT molecular complexity index is 827. The molecule has 196 valence electrons. The largest absolute Gasteiger partial charge is 0.480 e. The summed E-state index contributed by atoms with van der Waals surface area (Å²) in [6, 6.07) is 4.45. The average Bonchev–Trinajstić information content (AvgIpc) is 2.82. The molecule has 0 saturated carbocycles. The predicted molar refractivity (Wildman–Crippen MR) is 139 cm³/mol. The summed E-state index contributed by atoms with van der Waals surface area (Å²) in [6.07, 6.45) is 3.14. The fourth-order valence-electron chi connectivity index (χ4n) is 3.13. The molecule has 1 rings (SSSR count). The van der Waals surface area contributed by atoms with Crippen molar-refractivity contribution in [1.29, 1.82) is 0 Å². The zero-order chi connectivity index (χ0) is 26.4. The zero-order valence-electron chi connectivity index (χ0n) is 20.2. The van der Waals surface area contributed by atoms with Crippen molar-refractivity contribution in [2.24, 2.45) is 5.73 Å². The Morgan fingerprint density at radius 2 is 1.46 bits per heavy atom. The summed E-state index contributed by atoms with van der Waals surface area (Å²) in [7, 11) is 0. The van der Waals surface area contributed by atoms with E-state index in [1.165, 1.54) is 30.4 Å². The number of rotatable bonds is 16. The van der Waals surface area contributed by atoms with Crippen LogP contribution in [0.2, 0.25) is 0 Å². The van der Waals surface area contributed by atoms with Gasteiger partial charge in [-0.1, -0.05) is 30.3 Å². The lowest BCUT2D eigenvalue weighted by Gasteiger charge is -2.26. The van der Waals surface area contributed by atoms with Crippen LogP contribution in [-0.2, 0) is 25.6 Å². The van der Waals surface area contributed by atoms with Crippen molar-refractivity contribution < 1.29 is 29.4 Å². The van der Waals surface area contributed by atoms with Gasteiger partial charge in [-0.3, -0.25) is 14.4 Å². The minimum absolute atomic E-state index is 0.0843. The molecule has 0 spiro atoms. The highest BCUT2D eigenvalue weighted by Gasteiger charge is 2.32. The summed E-state index contributed by atoms with van der Waals surface area (Å²) >= 11 is 2.98. The fraction of sp³-hybridized carbons (Fsp3) is 0.565. The quantitative estimate of drug-likeness (QED) is 0.173. The van der Waals surface area contributed by atoms with Crippen LogP contribution in [0, 0.1) is 0 Å². The van der Waals surface area contributed by atoms with E-state index in [1.807, 2.05) is 12.5 Å². The Kier molecular flexibility index (Phi) is 14.4. The number of nitrogens with two attached hydrogens (primary N) is 1. The van der Waals surface area contributed by atoms with Gasteiger partial charge in [0.15, 0.2) is 0 Å². The van der Waals surface area contributed by atoms with Crippen molar-refractivity contribution in [2.75, 3.05) is 24.0 Å². The lowest BCUT2D eigenvalue weighted by atomic mass is 10.0. The van der Waals surface area contributed by atoms with Gasteiger partial charge in [-0.25, -0.2) is 4.79 Å². The van der Waals surface area contributed by atoms with Crippen molar-refractivity contribution in [1.82, 2.24) is 16.0 Å². The summed E-state index contributed by atoms with van der Waals surface area (Å²) in [4.78, 5) is 50.1. The van der Waals surface area contributed by atoms with E-state index in [4.69, 9.17) is 5.73 Å². The molecule has 0 aromatic heterocycles. The Morgan fingerprint density at radius 3 is 2.00 bits per heavy atom. The van der Waals surface area contributed by atoms with Crippen LogP contribution in [0.4, 0.5) is 0 Å². The van der Waals surface area contributed by atoms with Crippen LogP contribution in [0.25, 0.3) is 0 Å². The summed E-state index contributed by atoms with van der Waals surface area (Å²) in [5.41, 5.74) is 6.60. The molecule has 0 aliphatic rings. The number of aliphatic hydroxyl groups is 1. The number of aliphatic carboxylic acids is 1. The van der Waals surface area contributed by atoms with E-state index in [9.17, 15) is 29.4 Å². The molecule has 35 heavy (non-hydrogen) atoms. The van der Waals surface area contributed by atoms with Crippen LogP contribution >= 0.6 is 23.5 Å². The predicted octanol–water partition coefficient (Wildman–Crippen LogP) is -0.0176. The number of aliphatic hydroxyl groups excluding tert-OH is 1. The molecule has 0 radical (unpaired) electrons. The number of thioether (sulfide) groups is 2. The first kappa shape index (κ1) is 30.8. The molecule has 0 saturated heterocycles. The SMILES string of the molecule is CSCCC(N)C(=O)NC(C(=O)NC(Cc1ccccc1)C(=O)NC(CCSC)C(=O)O)C(C)O. The average molecular weight is 529 g/mol. The van der Waals surface area contributed by atoms with Gasteiger partial charge in [0, 0.05) is 6.42 Å². The number of carbonyl (C=O) groups excluding carboxylic acids is 3. The monoisotopic (exact) mass is 528 g/mol. The zero-order valence-corrected chi connectivity index (χ0v) is 21.9. The van der Waals surface area contributed by atoms with Crippen LogP contribution < -0.4 is 21.7 Å². The number of benzene rings is 1. The number of hydrogen-bond acceptors (Lipinski definition) is 8. The van der Waals surface area contributed by atoms with E-state index >= 15 is 0 Å². The van der Waals surface area contributed by atoms with Crippen molar-refractivity contribution in [3.05, 3.63) is 35.9 Å². The molecule has 1 aromatic rings. The van der Waals surface area contributed by atoms with Crippen LogP contribution in [0.15, 0.2) is 30.3 Å². The summed E-state index contributed by atoms with van der Waals surface area (Å²) in [6.45, 7) is 1.34. The first-order valence-electron chi connectivity index (χ1n) is 11.2. The summed E-state index contributed by atoms with van der Waals surface area (Å²) in [5, 5.41) is 27.1. The molecule has 3 amide bonds. The van der Waals surface area contributed by atoms with Gasteiger partial charge in [-0.2, -0.15) is 23.5 Å². The molecule has 0 heterocycles. The molecule has 0 bridgehead atoms. The third-order valence-corrected chi connectivity index (χ3v) is 6.46. The van der Waals surface area contributed by atoms with Gasteiger partial charge >= 0.3 is 5.97 Å². The Hall–Kier alpha value is -2.28. The second kappa shape index (κ2) is 16.4. The number of carboxylic acids is 1. The number of carbonyl (C=O) groups is 4. The first-order valence-corrected chi connectivity index (χ1v) is 14.0. The molecule has 12 heteroatoms. The molecular formula is C23H36N4O6S2. The summed E-state index contributed by atoms with van der Waals surface area (Å²) < 4.78 is 0. The molecule has 0 aliphatic carbocycles. The Labute approximate surface area is 214 Å². The summed E-state index contributed by atoms with van der Waals surface area (Å²) in [5.74, 6) is -2.04. The van der Waals surface area contributed by atoms with Gasteiger partial charge in [0.25, 0.3) is 0 Å². The normalized spacial score (nSPS) is 15.2. The van der Waals surface area contributed by atoms with Crippen molar-refractivity contribution in [3.63, 3.8) is 0 Å². The molecular weight excluding hydrogens is 492 g/mol. The second-order valence-electron chi connectivity index (χ2n) is 8.05. The van der Waals surface area contributed by atoms with Gasteiger partial charge < -0.3 is 31.9 Å². The van der Waals surface area contributed by atoms with E-state index in [0.717, 1.165) is 5.56 Å². The van der Waals surface area contributed by atoms with Gasteiger partial charge in [0.2, 0.25) is 17.7 Å². The van der Waals surface area contributed by atoms with E-state index in [-0.39, 0.29) is 12.8 Å². The molecule has 1 aromatic carbocycles. The molecule has 10 nitrogen and oxygen atoms in total. The standard InChI is InChI=1S/C23H36N4O6S2/c1-14(28)19(27-20(29)16(24)9-11-34-2)22(31)26-18(13-15-7-5-4-6-8-15)21(30)25-17(23(32)33)10-12-35-3/h4-8,14,16-19,28H,9-13,24H2,1-3H3,(H,25,30)(H,26,31)(H,27,29)(H,32,33). The lowest BCUT2D eigenvalue weighted by molar-refractivity contribution is -0.142. The third-order valence-electron chi connectivity index (χ3n) is 5.17. The fourth-order valence-corrected chi connectivity index (χ4v) is 4.09. The minimum Gasteiger partial charge on any atom is -0.480 e. The van der Waals surface area contributed by atoms with E-state index in [2.05, 4.69) is 16.0 Å². The molecule has 7 N–H and O–H groups in total. The number of hydrogen-bond donors (Lipinski definition) is 6. The highest BCUT2D eigenvalue weighted by atomic mass is 32.2. The number of nitrogens with one attached hydrogen (secondary N) is 3. The van der Waals surface area contributed by atoms with E-state index in [1.54, 1.807) is 30.3 Å². The number of carboxylic acid groups (broad SMARTS) is 1. The maximum atomic E-state index is 13.0. The molecule has 5 unspecified atom stereocenters. The van der Waals surface area contributed by atoms with Crippen molar-refractivity contribution in [3.8, 4) is 0 Å². The van der Waals surface area contributed by atoms with E-state index < -0.39 is 54.0 Å². The topological polar surface area (TPSA) is 171 Å². The van der Waals surface area contributed by atoms with Crippen LogP contribution in [-0.4, -0.2) is 88.2 Å². The van der Waals surface area contributed by atoms with E-state index in [0.29, 0.717) is 17.9 Å². The van der Waals surface area contributed by atoms with Crippen LogP contribution in [0.5, 0.6) is 0 Å². The highest BCUT2D eigenvalue weighted by molar-refractivity contribution is 7.98.